The number of anilines is 1. The zero-order chi connectivity index (χ0) is 25.2. The van der Waals surface area contributed by atoms with E-state index < -0.39 is 0 Å². The van der Waals surface area contributed by atoms with Crippen molar-refractivity contribution in [2.75, 3.05) is 51.9 Å². The zero-order valence-corrected chi connectivity index (χ0v) is 21.8. The lowest BCUT2D eigenvalue weighted by Gasteiger charge is -2.40. The number of aromatic nitrogens is 3. The second-order valence-electron chi connectivity index (χ2n) is 8.61. The molecule has 1 fully saturated rings. The second-order valence-corrected chi connectivity index (χ2v) is 9.62. The average molecular weight is 510 g/mol. The number of methoxy groups -OCH3 is 2. The minimum Gasteiger partial charge on any atom is -0.497 e. The highest BCUT2D eigenvalue weighted by Gasteiger charge is 2.32. The summed E-state index contributed by atoms with van der Waals surface area (Å²) in [6, 6.07) is 14.0. The van der Waals surface area contributed by atoms with Crippen LogP contribution in [0.1, 0.15) is 29.2 Å². The molecule has 0 radical (unpaired) electrons. The third-order valence-electron chi connectivity index (χ3n) is 6.47. The predicted octanol–water partition coefficient (Wildman–Crippen LogP) is 4.13. The highest BCUT2D eigenvalue weighted by atomic mass is 32.1. The molecule has 1 N–H and O–H groups in total. The van der Waals surface area contributed by atoms with Crippen molar-refractivity contribution in [3.8, 4) is 23.1 Å². The Morgan fingerprint density at radius 3 is 2.39 bits per heavy atom. The van der Waals surface area contributed by atoms with Crippen molar-refractivity contribution in [3.63, 3.8) is 0 Å². The lowest BCUT2D eigenvalue weighted by molar-refractivity contribution is 0.210. The van der Waals surface area contributed by atoms with Gasteiger partial charge in [-0.15, -0.1) is 5.10 Å². The van der Waals surface area contributed by atoms with Gasteiger partial charge < -0.3 is 24.2 Å². The van der Waals surface area contributed by atoms with Gasteiger partial charge in [-0.1, -0.05) is 17.4 Å². The second kappa shape index (κ2) is 10.2. The number of fused-ring (bicyclic) bond motifs is 1. The predicted molar refractivity (Wildman–Crippen MR) is 140 cm³/mol. The number of benzene rings is 2. The number of nitrogens with zero attached hydrogens (tertiary/aromatic N) is 5. The molecule has 10 heteroatoms. The summed E-state index contributed by atoms with van der Waals surface area (Å²) in [5, 5.41) is 15.6. The van der Waals surface area contributed by atoms with Crippen molar-refractivity contribution < 1.29 is 19.3 Å². The summed E-state index contributed by atoms with van der Waals surface area (Å²) >= 11 is 1.47. The van der Waals surface area contributed by atoms with Crippen LogP contribution in [-0.4, -0.2) is 71.6 Å². The van der Waals surface area contributed by atoms with Gasteiger partial charge in [0.1, 0.15) is 11.6 Å². The Kier molecular flexibility index (Phi) is 6.88. The number of hydrogen-bond acceptors (Lipinski definition) is 9. The van der Waals surface area contributed by atoms with Gasteiger partial charge in [0.2, 0.25) is 10.8 Å². The molecule has 0 saturated carbocycles. The molecule has 1 atom stereocenters. The van der Waals surface area contributed by atoms with Crippen molar-refractivity contribution in [1.29, 1.82) is 0 Å². The third kappa shape index (κ3) is 4.54. The van der Waals surface area contributed by atoms with E-state index in [9.17, 15) is 5.11 Å². The first-order valence-electron chi connectivity index (χ1n) is 12.0. The fourth-order valence-corrected chi connectivity index (χ4v) is 5.88. The Morgan fingerprint density at radius 2 is 1.75 bits per heavy atom. The Balaban J connectivity index is 1.48. The van der Waals surface area contributed by atoms with E-state index in [2.05, 4.69) is 38.1 Å². The minimum atomic E-state index is -0.179. The molecule has 0 unspecified atom stereocenters. The lowest BCUT2D eigenvalue weighted by Crippen LogP contribution is -2.47. The van der Waals surface area contributed by atoms with Gasteiger partial charge in [-0.2, -0.15) is 4.52 Å². The summed E-state index contributed by atoms with van der Waals surface area (Å²) in [5.41, 5.74) is 2.19. The molecule has 0 aliphatic carbocycles. The molecule has 1 aliphatic rings. The molecule has 0 spiro atoms. The molecule has 0 amide bonds. The average Bonchev–Trinajstić information content (AvgIpc) is 3.42. The first-order valence-corrected chi connectivity index (χ1v) is 12.8. The number of ether oxygens (including phenoxy) is 3. The number of rotatable bonds is 8. The summed E-state index contributed by atoms with van der Waals surface area (Å²) in [6.07, 6.45) is 0. The van der Waals surface area contributed by atoms with Crippen molar-refractivity contribution in [2.45, 2.75) is 19.9 Å². The van der Waals surface area contributed by atoms with Gasteiger partial charge in [0.25, 0.3) is 0 Å². The summed E-state index contributed by atoms with van der Waals surface area (Å²) in [6.45, 7) is 7.69. The Morgan fingerprint density at radius 1 is 1.00 bits per heavy atom. The lowest BCUT2D eigenvalue weighted by atomic mass is 10.0. The van der Waals surface area contributed by atoms with Gasteiger partial charge in [0, 0.05) is 31.9 Å². The molecule has 2 aromatic heterocycles. The minimum absolute atomic E-state index is 0.131. The highest BCUT2D eigenvalue weighted by molar-refractivity contribution is 7.17. The molecular weight excluding hydrogens is 478 g/mol. The van der Waals surface area contributed by atoms with E-state index in [0.717, 1.165) is 42.4 Å². The van der Waals surface area contributed by atoms with Gasteiger partial charge in [-0.05, 0) is 55.8 Å². The van der Waals surface area contributed by atoms with E-state index in [1.54, 1.807) is 14.2 Å². The molecule has 1 saturated heterocycles. The van der Waals surface area contributed by atoms with E-state index in [4.69, 9.17) is 14.2 Å². The fraction of sp³-hybridized carbons (Fsp3) is 0.385. The summed E-state index contributed by atoms with van der Waals surface area (Å²) in [7, 11) is 3.32. The number of aryl methyl sites for hydroxylation is 1. The van der Waals surface area contributed by atoms with E-state index in [-0.39, 0.29) is 11.9 Å². The van der Waals surface area contributed by atoms with Crippen LogP contribution in [0.2, 0.25) is 0 Å². The van der Waals surface area contributed by atoms with Crippen LogP contribution in [0.15, 0.2) is 42.5 Å². The van der Waals surface area contributed by atoms with Crippen LogP contribution in [-0.2, 0) is 0 Å². The van der Waals surface area contributed by atoms with Crippen LogP contribution < -0.4 is 19.1 Å². The number of piperazine rings is 1. The summed E-state index contributed by atoms with van der Waals surface area (Å²) in [5.74, 6) is 2.99. The fourth-order valence-electron chi connectivity index (χ4n) is 4.71. The summed E-state index contributed by atoms with van der Waals surface area (Å²) in [4.78, 5) is 10.7. The van der Waals surface area contributed by atoms with Gasteiger partial charge in [0.15, 0.2) is 11.5 Å². The molecule has 0 bridgehead atoms. The number of aromatic hydroxyl groups is 1. The van der Waals surface area contributed by atoms with Crippen LogP contribution in [0.4, 0.5) is 5.69 Å². The van der Waals surface area contributed by atoms with Gasteiger partial charge >= 0.3 is 0 Å². The van der Waals surface area contributed by atoms with Crippen LogP contribution >= 0.6 is 11.3 Å². The standard InChI is InChI=1S/C26H31N5O4S/c1-5-35-21-11-6-18(16-22(21)34-4)23(24-25(32)31-26(36-24)27-17(2)28-31)30-14-12-29(13-15-30)19-7-9-20(33-3)10-8-19/h6-11,16,23,32H,5,12-15H2,1-4H3/t23-/m1/s1. The molecular formula is C26H31N5O4S. The van der Waals surface area contributed by atoms with Crippen LogP contribution in [0.3, 0.4) is 0 Å². The Bertz CT molecular complexity index is 1330. The van der Waals surface area contributed by atoms with Gasteiger partial charge in [-0.3, -0.25) is 4.90 Å². The zero-order valence-electron chi connectivity index (χ0n) is 21.0. The molecule has 4 aromatic rings. The monoisotopic (exact) mass is 509 g/mol. The maximum atomic E-state index is 11.2. The van der Waals surface area contributed by atoms with Crippen LogP contribution in [0.25, 0.3) is 4.96 Å². The molecule has 2 aromatic carbocycles. The van der Waals surface area contributed by atoms with Crippen LogP contribution in [0, 0.1) is 6.92 Å². The highest BCUT2D eigenvalue weighted by Crippen LogP contribution is 2.42. The number of thiazole rings is 1. The van der Waals surface area contributed by atoms with E-state index >= 15 is 0 Å². The van der Waals surface area contributed by atoms with Gasteiger partial charge in [0.05, 0.1) is 31.7 Å². The molecule has 3 heterocycles. The van der Waals surface area contributed by atoms with Crippen molar-refractivity contribution >= 4 is 22.0 Å². The molecule has 5 rings (SSSR count). The van der Waals surface area contributed by atoms with E-state index in [1.165, 1.54) is 21.5 Å². The van der Waals surface area contributed by atoms with Crippen molar-refractivity contribution in [1.82, 2.24) is 19.5 Å². The largest absolute Gasteiger partial charge is 0.497 e. The third-order valence-corrected chi connectivity index (χ3v) is 7.55. The van der Waals surface area contributed by atoms with Crippen LogP contribution in [0.5, 0.6) is 23.1 Å². The Labute approximate surface area is 214 Å². The quantitative estimate of drug-likeness (QED) is 0.380. The smallest absolute Gasteiger partial charge is 0.230 e. The topological polar surface area (TPSA) is 84.6 Å². The first-order chi connectivity index (χ1) is 17.5. The maximum absolute atomic E-state index is 11.2. The molecule has 9 nitrogen and oxygen atoms in total. The van der Waals surface area contributed by atoms with Crippen molar-refractivity contribution in [3.05, 3.63) is 58.7 Å². The molecule has 190 valence electrons. The number of hydrogen-bond donors (Lipinski definition) is 1. The van der Waals surface area contributed by atoms with E-state index in [1.807, 2.05) is 38.1 Å². The molecule has 36 heavy (non-hydrogen) atoms. The Hall–Kier alpha value is -3.50. The normalized spacial score (nSPS) is 15.3. The molecule has 1 aliphatic heterocycles. The van der Waals surface area contributed by atoms with Gasteiger partial charge in [-0.25, -0.2) is 4.98 Å². The first kappa shape index (κ1) is 24.2. The van der Waals surface area contributed by atoms with Crippen molar-refractivity contribution in [2.24, 2.45) is 0 Å². The maximum Gasteiger partial charge on any atom is 0.230 e. The van der Waals surface area contributed by atoms with E-state index in [0.29, 0.717) is 28.9 Å². The SMILES string of the molecule is CCOc1ccc([C@H](c2sc3nc(C)nn3c2O)N2CCN(c3ccc(OC)cc3)CC2)cc1OC. The summed E-state index contributed by atoms with van der Waals surface area (Å²) < 4.78 is 18.2.